The van der Waals surface area contributed by atoms with E-state index in [4.69, 9.17) is 11.0 Å². The molecule has 1 heterocycles. The highest BCUT2D eigenvalue weighted by Crippen LogP contribution is 2.21. The summed E-state index contributed by atoms with van der Waals surface area (Å²) in [5.41, 5.74) is 7.27. The lowest BCUT2D eigenvalue weighted by Gasteiger charge is -2.17. The summed E-state index contributed by atoms with van der Waals surface area (Å²) in [6.07, 6.45) is 2.03. The van der Waals surface area contributed by atoms with Gasteiger partial charge in [0.15, 0.2) is 6.29 Å². The van der Waals surface area contributed by atoms with E-state index in [1.165, 1.54) is 0 Å². The Hall–Kier alpha value is -2.15. The normalized spacial score (nSPS) is 12.6. The molecule has 0 radical (unpaired) electrons. The summed E-state index contributed by atoms with van der Waals surface area (Å²) in [5.74, 6) is 0. The Morgan fingerprint density at radius 1 is 1.47 bits per heavy atom. The van der Waals surface area contributed by atoms with Crippen LogP contribution in [0.25, 0.3) is 5.70 Å². The number of hydrogen-bond donors (Lipinski definition) is 1. The van der Waals surface area contributed by atoms with Crippen LogP contribution in [0.4, 0.5) is 0 Å². The van der Waals surface area contributed by atoms with Crippen molar-refractivity contribution in [3.05, 3.63) is 35.2 Å². The van der Waals surface area contributed by atoms with Gasteiger partial charge in [-0.25, -0.2) is 0 Å². The second-order valence-electron chi connectivity index (χ2n) is 4.74. The third kappa shape index (κ3) is 2.91. The van der Waals surface area contributed by atoms with Gasteiger partial charge in [-0.05, 0) is 12.1 Å². The highest BCUT2D eigenvalue weighted by atomic mass is 16.1. The average molecular weight is 229 g/mol. The molecule has 0 unspecified atom stereocenters. The van der Waals surface area contributed by atoms with Crippen LogP contribution in [0.15, 0.2) is 23.9 Å². The number of allylic oxidation sites excluding steroid dienone is 1. The van der Waals surface area contributed by atoms with Crippen LogP contribution in [0.3, 0.4) is 0 Å². The first kappa shape index (κ1) is 12.9. The van der Waals surface area contributed by atoms with E-state index in [-0.39, 0.29) is 16.7 Å². The fraction of sp³-hybridized carbons (Fsp3) is 0.308. The van der Waals surface area contributed by atoms with Gasteiger partial charge in [-0.1, -0.05) is 20.8 Å². The van der Waals surface area contributed by atoms with Crippen LogP contribution in [0.2, 0.25) is 0 Å². The van der Waals surface area contributed by atoms with Crippen LogP contribution >= 0.6 is 0 Å². The molecule has 1 rings (SSSR count). The molecule has 2 N–H and O–H groups in total. The number of carbonyl (C=O) groups excluding carboxylic acids is 1. The van der Waals surface area contributed by atoms with Crippen molar-refractivity contribution in [1.82, 2.24) is 4.98 Å². The highest BCUT2D eigenvalue weighted by molar-refractivity contribution is 5.91. The van der Waals surface area contributed by atoms with Crippen LogP contribution in [-0.2, 0) is 10.2 Å². The van der Waals surface area contributed by atoms with E-state index >= 15 is 0 Å². The van der Waals surface area contributed by atoms with E-state index in [1.54, 1.807) is 18.3 Å². The fourth-order valence-corrected chi connectivity index (χ4v) is 1.30. The summed E-state index contributed by atoms with van der Waals surface area (Å²) in [5, 5.41) is 8.70. The van der Waals surface area contributed by atoms with Gasteiger partial charge >= 0.3 is 0 Å². The zero-order valence-corrected chi connectivity index (χ0v) is 10.2. The van der Waals surface area contributed by atoms with Crippen LogP contribution in [0, 0.1) is 11.3 Å². The standard InChI is InChI=1S/C13H15N3O/c1-13(2,3)11-5-4-9(7-16-11)12(15)10(6-14)8-17/h4-5,7-8H,15H2,1-3H3/b12-10-. The molecule has 0 aliphatic carbocycles. The van der Waals surface area contributed by atoms with Crippen molar-refractivity contribution in [3.63, 3.8) is 0 Å². The van der Waals surface area contributed by atoms with E-state index in [1.807, 2.05) is 6.07 Å². The van der Waals surface area contributed by atoms with E-state index in [0.29, 0.717) is 11.8 Å². The summed E-state index contributed by atoms with van der Waals surface area (Å²) in [6.45, 7) is 6.17. The second kappa shape index (κ2) is 4.79. The summed E-state index contributed by atoms with van der Waals surface area (Å²) in [7, 11) is 0. The van der Waals surface area contributed by atoms with Crippen molar-refractivity contribution in [2.45, 2.75) is 26.2 Å². The molecule has 0 fully saturated rings. The number of nitriles is 1. The molecule has 0 bridgehead atoms. The first-order valence-corrected chi connectivity index (χ1v) is 5.22. The van der Waals surface area contributed by atoms with E-state index in [0.717, 1.165) is 5.69 Å². The SMILES string of the molecule is CC(C)(C)c1ccc(/C(N)=C(\C#N)C=O)cn1. The molecular weight excluding hydrogens is 214 g/mol. The molecule has 0 aliphatic heterocycles. The van der Waals surface area contributed by atoms with E-state index < -0.39 is 0 Å². The maximum Gasteiger partial charge on any atom is 0.162 e. The van der Waals surface area contributed by atoms with Gasteiger partial charge in [-0.3, -0.25) is 9.78 Å². The van der Waals surface area contributed by atoms with Crippen LogP contribution in [0.5, 0.6) is 0 Å². The number of hydrogen-bond acceptors (Lipinski definition) is 4. The van der Waals surface area contributed by atoms with Crippen LogP contribution in [0.1, 0.15) is 32.0 Å². The number of aromatic nitrogens is 1. The van der Waals surface area contributed by atoms with Crippen molar-refractivity contribution in [2.75, 3.05) is 0 Å². The Morgan fingerprint density at radius 2 is 2.12 bits per heavy atom. The number of nitrogens with zero attached hydrogens (tertiary/aromatic N) is 2. The first-order chi connectivity index (χ1) is 7.90. The van der Waals surface area contributed by atoms with Crippen LogP contribution < -0.4 is 5.73 Å². The molecule has 1 aromatic rings. The number of pyridine rings is 1. The molecule has 0 aliphatic rings. The number of aldehydes is 1. The van der Waals surface area contributed by atoms with E-state index in [9.17, 15) is 4.79 Å². The molecule has 88 valence electrons. The Bertz CT molecular complexity index is 487. The predicted molar refractivity (Wildman–Crippen MR) is 65.7 cm³/mol. The molecule has 0 saturated carbocycles. The fourth-order valence-electron chi connectivity index (χ4n) is 1.30. The van der Waals surface area contributed by atoms with E-state index in [2.05, 4.69) is 25.8 Å². The van der Waals surface area contributed by atoms with Gasteiger partial charge in [0.05, 0.1) is 5.70 Å². The number of rotatable bonds is 2. The lowest BCUT2D eigenvalue weighted by atomic mass is 9.91. The van der Waals surface area contributed by atoms with Crippen LogP contribution in [-0.4, -0.2) is 11.3 Å². The predicted octanol–water partition coefficient (Wildman–Crippen LogP) is 1.77. The minimum absolute atomic E-state index is 0.0419. The molecule has 0 atom stereocenters. The Kier molecular flexibility index (Phi) is 3.64. The molecule has 0 amide bonds. The summed E-state index contributed by atoms with van der Waals surface area (Å²) in [4.78, 5) is 14.9. The smallest absolute Gasteiger partial charge is 0.162 e. The Labute approximate surface area is 101 Å². The highest BCUT2D eigenvalue weighted by Gasteiger charge is 2.15. The average Bonchev–Trinajstić information content (AvgIpc) is 2.29. The molecule has 0 spiro atoms. The maximum absolute atomic E-state index is 10.6. The van der Waals surface area contributed by atoms with Crippen molar-refractivity contribution in [2.24, 2.45) is 5.73 Å². The monoisotopic (exact) mass is 229 g/mol. The molecule has 0 saturated heterocycles. The molecule has 1 aromatic heterocycles. The number of carbonyl (C=O) groups is 1. The summed E-state index contributed by atoms with van der Waals surface area (Å²) >= 11 is 0. The zero-order valence-electron chi connectivity index (χ0n) is 10.2. The Balaban J connectivity index is 3.17. The molecular formula is C13H15N3O. The molecule has 0 aromatic carbocycles. The number of nitrogens with two attached hydrogens (primary N) is 1. The quantitative estimate of drug-likeness (QED) is 0.476. The topological polar surface area (TPSA) is 79.8 Å². The minimum Gasteiger partial charge on any atom is -0.397 e. The lowest BCUT2D eigenvalue weighted by molar-refractivity contribution is -0.104. The molecule has 4 heteroatoms. The van der Waals surface area contributed by atoms with Crippen molar-refractivity contribution >= 4 is 12.0 Å². The van der Waals surface area contributed by atoms with Gasteiger partial charge in [-0.2, -0.15) is 5.26 Å². The van der Waals surface area contributed by atoms with Crippen molar-refractivity contribution < 1.29 is 4.79 Å². The van der Waals surface area contributed by atoms with Gasteiger partial charge in [0.1, 0.15) is 11.6 Å². The zero-order chi connectivity index (χ0) is 13.1. The first-order valence-electron chi connectivity index (χ1n) is 5.22. The third-order valence-electron chi connectivity index (χ3n) is 2.37. The summed E-state index contributed by atoms with van der Waals surface area (Å²) < 4.78 is 0. The molecule has 17 heavy (non-hydrogen) atoms. The maximum atomic E-state index is 10.6. The Morgan fingerprint density at radius 3 is 2.47 bits per heavy atom. The van der Waals surface area contributed by atoms with Gasteiger partial charge < -0.3 is 5.73 Å². The minimum atomic E-state index is -0.0738. The summed E-state index contributed by atoms with van der Waals surface area (Å²) in [6, 6.07) is 5.37. The third-order valence-corrected chi connectivity index (χ3v) is 2.37. The van der Waals surface area contributed by atoms with Gasteiger partial charge in [-0.15, -0.1) is 0 Å². The largest absolute Gasteiger partial charge is 0.397 e. The molecule has 4 nitrogen and oxygen atoms in total. The van der Waals surface area contributed by atoms with Gasteiger partial charge in [0, 0.05) is 22.9 Å². The van der Waals surface area contributed by atoms with Crippen molar-refractivity contribution in [1.29, 1.82) is 5.26 Å². The van der Waals surface area contributed by atoms with Gasteiger partial charge in [0.2, 0.25) is 0 Å². The lowest BCUT2D eigenvalue weighted by Crippen LogP contribution is -2.13. The van der Waals surface area contributed by atoms with Crippen molar-refractivity contribution in [3.8, 4) is 6.07 Å². The van der Waals surface area contributed by atoms with Gasteiger partial charge in [0.25, 0.3) is 0 Å². The second-order valence-corrected chi connectivity index (χ2v) is 4.74.